The second kappa shape index (κ2) is 26.0. The maximum absolute atomic E-state index is 14.2. The number of alkyl halides is 3. The molecule has 2 fully saturated rings. The molecule has 12 nitrogen and oxygen atoms in total. The first-order valence-corrected chi connectivity index (χ1v) is 24.5. The minimum Gasteiger partial charge on any atom is -0.449 e. The Morgan fingerprint density at radius 2 is 0.887 bits per heavy atom. The summed E-state index contributed by atoms with van der Waals surface area (Å²) in [5.74, 6) is -1.52. The van der Waals surface area contributed by atoms with Crippen LogP contribution in [0.25, 0.3) is 0 Å². The summed E-state index contributed by atoms with van der Waals surface area (Å²) in [6.07, 6.45) is -10.9. The van der Waals surface area contributed by atoms with Crippen LogP contribution in [-0.4, -0.2) is 83.7 Å². The first-order chi connectivity index (χ1) is 34.6. The standard InChI is InChI=1S/C56H56Cl3NO11/c1-38-46(63-33-40-22-10-3-11-23-40)49(51(54(67-38)71-55(60)56(57,58)59)69-52(61)44-30-18-7-19-31-44)70-53-50(66-36-43-28-16-6-17-29-43)48(65-35-42-26-14-5-15-27-42)47(64-34-41-24-12-4-13-25-41)45(68-53)37-62-32-39-20-8-2-9-21-39/h2-31,38,45-51,53-54,60H,32-37H2,1H3/t38-,45+,46-,47+,48-,49+,50+,51+,53+,54-/m0/s1. The number of hydrogen-bond acceptors (Lipinski definition) is 12. The van der Waals surface area contributed by atoms with Crippen LogP contribution in [0.5, 0.6) is 0 Å². The van der Waals surface area contributed by atoms with Gasteiger partial charge in [-0.2, -0.15) is 0 Å². The van der Waals surface area contributed by atoms with Gasteiger partial charge in [0.25, 0.3) is 3.79 Å². The Morgan fingerprint density at radius 3 is 1.35 bits per heavy atom. The summed E-state index contributed by atoms with van der Waals surface area (Å²) in [5, 5.41) is 8.63. The minimum atomic E-state index is -2.30. The zero-order valence-corrected chi connectivity index (χ0v) is 41.2. The van der Waals surface area contributed by atoms with Gasteiger partial charge in [-0.25, -0.2) is 4.79 Å². The van der Waals surface area contributed by atoms with Crippen molar-refractivity contribution >= 4 is 46.7 Å². The van der Waals surface area contributed by atoms with Crippen molar-refractivity contribution < 1.29 is 52.2 Å². The summed E-state index contributed by atoms with van der Waals surface area (Å²) in [4.78, 5) is 14.2. The van der Waals surface area contributed by atoms with Gasteiger partial charge in [0.1, 0.15) is 36.6 Å². The molecule has 0 amide bonds. The van der Waals surface area contributed by atoms with E-state index in [0.717, 1.165) is 27.8 Å². The molecule has 71 heavy (non-hydrogen) atoms. The first-order valence-electron chi connectivity index (χ1n) is 23.4. The van der Waals surface area contributed by atoms with E-state index in [0.29, 0.717) is 0 Å². The van der Waals surface area contributed by atoms with Crippen molar-refractivity contribution in [2.24, 2.45) is 0 Å². The van der Waals surface area contributed by atoms with Crippen molar-refractivity contribution in [2.45, 2.75) is 105 Å². The Kier molecular flexibility index (Phi) is 19.1. The molecule has 10 atom stereocenters. The quantitative estimate of drug-likeness (QED) is 0.0320. The molecule has 0 unspecified atom stereocenters. The predicted molar refractivity (Wildman–Crippen MR) is 269 cm³/mol. The highest BCUT2D eigenvalue weighted by Crippen LogP contribution is 2.38. The maximum Gasteiger partial charge on any atom is 0.338 e. The molecule has 0 radical (unpaired) electrons. The number of hydrogen-bond donors (Lipinski definition) is 1. The molecule has 0 aromatic heterocycles. The van der Waals surface area contributed by atoms with Crippen LogP contribution >= 0.6 is 34.8 Å². The molecule has 0 saturated carbocycles. The molecule has 15 heteroatoms. The van der Waals surface area contributed by atoms with E-state index in [2.05, 4.69) is 0 Å². The molecule has 372 valence electrons. The third-order valence-electron chi connectivity index (χ3n) is 11.9. The van der Waals surface area contributed by atoms with Crippen LogP contribution in [0.4, 0.5) is 0 Å². The molecule has 2 aliphatic rings. The number of esters is 1. The first kappa shape index (κ1) is 52.1. The number of benzene rings is 6. The Hall–Kier alpha value is -5.19. The largest absolute Gasteiger partial charge is 0.449 e. The van der Waals surface area contributed by atoms with Gasteiger partial charge in [-0.1, -0.05) is 205 Å². The monoisotopic (exact) mass is 1020 g/mol. The number of halogens is 3. The number of carbonyl (C=O) groups is 1. The molecule has 1 N–H and O–H groups in total. The molecule has 6 aromatic rings. The van der Waals surface area contributed by atoms with E-state index in [-0.39, 0.29) is 45.2 Å². The zero-order valence-electron chi connectivity index (χ0n) is 39.0. The topological polar surface area (TPSA) is 133 Å². The van der Waals surface area contributed by atoms with E-state index in [4.69, 9.17) is 87.6 Å². The lowest BCUT2D eigenvalue weighted by atomic mass is 9.96. The van der Waals surface area contributed by atoms with E-state index < -0.39 is 77.1 Å². The smallest absolute Gasteiger partial charge is 0.338 e. The lowest BCUT2D eigenvalue weighted by Crippen LogP contribution is -2.66. The average Bonchev–Trinajstić information content (AvgIpc) is 3.39. The maximum atomic E-state index is 14.2. The molecule has 8 rings (SSSR count). The molecule has 2 heterocycles. The predicted octanol–water partition coefficient (Wildman–Crippen LogP) is 11.0. The van der Waals surface area contributed by atoms with Crippen LogP contribution in [0.15, 0.2) is 182 Å². The number of rotatable bonds is 21. The molecular formula is C56H56Cl3NO11. The van der Waals surface area contributed by atoms with Gasteiger partial charge in [0, 0.05) is 0 Å². The van der Waals surface area contributed by atoms with Crippen molar-refractivity contribution in [1.29, 1.82) is 5.41 Å². The highest BCUT2D eigenvalue weighted by Gasteiger charge is 2.56. The van der Waals surface area contributed by atoms with Crippen molar-refractivity contribution in [2.75, 3.05) is 6.61 Å². The van der Waals surface area contributed by atoms with Gasteiger partial charge in [0.05, 0.1) is 51.3 Å². The van der Waals surface area contributed by atoms with Crippen molar-refractivity contribution in [1.82, 2.24) is 0 Å². The Morgan fingerprint density at radius 1 is 0.479 bits per heavy atom. The third-order valence-corrected chi connectivity index (χ3v) is 12.4. The van der Waals surface area contributed by atoms with Gasteiger partial charge in [0.2, 0.25) is 12.2 Å². The molecule has 2 aliphatic heterocycles. The fraction of sp³-hybridized carbons (Fsp3) is 0.321. The molecule has 0 aliphatic carbocycles. The summed E-state index contributed by atoms with van der Waals surface area (Å²) < 4.78 is 64.8. The summed E-state index contributed by atoms with van der Waals surface area (Å²) in [6, 6.07) is 57.1. The summed E-state index contributed by atoms with van der Waals surface area (Å²) in [7, 11) is 0. The fourth-order valence-electron chi connectivity index (χ4n) is 8.31. The Bertz CT molecular complexity index is 2510. The number of ether oxygens (including phenoxy) is 10. The molecule has 2 saturated heterocycles. The van der Waals surface area contributed by atoms with Crippen LogP contribution in [0.3, 0.4) is 0 Å². The highest BCUT2D eigenvalue weighted by molar-refractivity contribution is 6.76. The van der Waals surface area contributed by atoms with E-state index in [1.54, 1.807) is 37.3 Å². The van der Waals surface area contributed by atoms with Gasteiger partial charge in [-0.05, 0) is 46.9 Å². The minimum absolute atomic E-state index is 0.0432. The summed E-state index contributed by atoms with van der Waals surface area (Å²) in [5.41, 5.74) is 4.76. The van der Waals surface area contributed by atoms with Gasteiger partial charge < -0.3 is 47.4 Å². The lowest BCUT2D eigenvalue weighted by Gasteiger charge is -2.49. The normalized spacial score (nSPS) is 24.5. The lowest BCUT2D eigenvalue weighted by molar-refractivity contribution is -0.367. The highest BCUT2D eigenvalue weighted by atomic mass is 35.6. The van der Waals surface area contributed by atoms with Gasteiger partial charge in [0.15, 0.2) is 12.4 Å². The Balaban J connectivity index is 1.22. The molecule has 0 spiro atoms. The van der Waals surface area contributed by atoms with E-state index in [1.807, 2.05) is 152 Å². The van der Waals surface area contributed by atoms with Gasteiger partial charge in [-0.3, -0.25) is 5.41 Å². The van der Waals surface area contributed by atoms with Crippen LogP contribution in [0, 0.1) is 5.41 Å². The zero-order chi connectivity index (χ0) is 49.4. The van der Waals surface area contributed by atoms with Crippen LogP contribution in [0.1, 0.15) is 45.1 Å². The van der Waals surface area contributed by atoms with Crippen LogP contribution in [-0.2, 0) is 80.4 Å². The molecular weight excluding hydrogens is 969 g/mol. The van der Waals surface area contributed by atoms with Crippen molar-refractivity contribution in [3.05, 3.63) is 215 Å². The van der Waals surface area contributed by atoms with Crippen LogP contribution < -0.4 is 0 Å². The second-order valence-corrected chi connectivity index (χ2v) is 19.4. The van der Waals surface area contributed by atoms with Crippen LogP contribution in [0.2, 0.25) is 0 Å². The number of nitrogens with one attached hydrogen (secondary N) is 1. The van der Waals surface area contributed by atoms with Gasteiger partial charge in [-0.15, -0.1) is 0 Å². The molecule has 6 aromatic carbocycles. The summed E-state index contributed by atoms with van der Waals surface area (Å²) >= 11 is 18.6. The second-order valence-electron chi connectivity index (χ2n) is 17.1. The average molecular weight is 1030 g/mol. The van der Waals surface area contributed by atoms with E-state index in [9.17, 15) is 4.79 Å². The fourth-order valence-corrected chi connectivity index (χ4v) is 8.44. The summed E-state index contributed by atoms with van der Waals surface area (Å²) in [6.45, 7) is 2.70. The SMILES string of the molecule is C[C@@H]1O[C@@H](OC(=N)C(Cl)(Cl)Cl)[C@H](OC(=O)c2ccccc2)[C@H](O[C@H]2O[C@H](COCc3ccccc3)[C@@H](OCc3ccccc3)[C@H](OCc3ccccc3)[C@H]2OCc2ccccc2)[C@H]1OCc1ccccc1. The van der Waals surface area contributed by atoms with E-state index >= 15 is 0 Å². The van der Waals surface area contributed by atoms with Gasteiger partial charge >= 0.3 is 5.97 Å². The van der Waals surface area contributed by atoms with Crippen molar-refractivity contribution in [3.8, 4) is 0 Å². The Labute approximate surface area is 429 Å². The van der Waals surface area contributed by atoms with Crippen molar-refractivity contribution in [3.63, 3.8) is 0 Å². The van der Waals surface area contributed by atoms with E-state index in [1.165, 1.54) is 0 Å². The number of carbonyl (C=O) groups excluding carboxylic acids is 1. The third kappa shape index (κ3) is 14.9. The molecule has 0 bridgehead atoms.